The molecule has 2 aromatic heterocycles. The maximum absolute atomic E-state index is 13.2. The number of hydrogen-bond acceptors (Lipinski definition) is 2. The van der Waals surface area contributed by atoms with Crippen molar-refractivity contribution < 1.29 is 9.13 Å². The second kappa shape index (κ2) is 8.03. The van der Waals surface area contributed by atoms with Crippen LogP contribution in [0.4, 0.5) is 4.39 Å². The standard InChI is InChI=1S/C23H19FN2O/c24-21-5-1-3-19(13-21)16-27-15-18-8-6-17(7-9-18)10-11-22-14-20-4-2-12-25-23(20)26-22/h1-8,12-14,18H,9,15-16H2,(H,25,26). The third-order valence-electron chi connectivity index (χ3n) is 4.41. The first-order chi connectivity index (χ1) is 13.3. The molecule has 0 amide bonds. The fourth-order valence-electron chi connectivity index (χ4n) is 3.00. The Morgan fingerprint density at radius 1 is 1.19 bits per heavy atom. The van der Waals surface area contributed by atoms with Gasteiger partial charge in [-0.2, -0.15) is 0 Å². The highest BCUT2D eigenvalue weighted by Crippen LogP contribution is 2.18. The average Bonchev–Trinajstić information content (AvgIpc) is 3.10. The van der Waals surface area contributed by atoms with E-state index in [-0.39, 0.29) is 5.82 Å². The van der Waals surface area contributed by atoms with Gasteiger partial charge in [0.15, 0.2) is 0 Å². The summed E-state index contributed by atoms with van der Waals surface area (Å²) < 4.78 is 18.9. The van der Waals surface area contributed by atoms with Gasteiger partial charge in [0.05, 0.1) is 18.9 Å². The molecule has 1 aromatic carbocycles. The molecule has 0 saturated heterocycles. The van der Waals surface area contributed by atoms with E-state index in [9.17, 15) is 4.39 Å². The van der Waals surface area contributed by atoms with Crippen LogP contribution in [0.15, 0.2) is 72.5 Å². The van der Waals surface area contributed by atoms with Crippen molar-refractivity contribution in [3.05, 3.63) is 89.5 Å². The van der Waals surface area contributed by atoms with Gasteiger partial charge in [0, 0.05) is 23.1 Å². The van der Waals surface area contributed by atoms with Crippen molar-refractivity contribution in [2.75, 3.05) is 6.61 Å². The van der Waals surface area contributed by atoms with Crippen LogP contribution in [-0.2, 0) is 11.3 Å². The van der Waals surface area contributed by atoms with Crippen molar-refractivity contribution >= 4 is 11.0 Å². The number of aromatic amines is 1. The molecule has 0 aliphatic heterocycles. The van der Waals surface area contributed by atoms with E-state index in [1.165, 1.54) is 12.1 Å². The van der Waals surface area contributed by atoms with Crippen molar-refractivity contribution in [1.82, 2.24) is 9.97 Å². The lowest BCUT2D eigenvalue weighted by atomic mass is 9.97. The number of nitrogens with one attached hydrogen (secondary N) is 1. The van der Waals surface area contributed by atoms with Crippen molar-refractivity contribution in [3.63, 3.8) is 0 Å². The Labute approximate surface area is 157 Å². The zero-order chi connectivity index (χ0) is 18.5. The zero-order valence-electron chi connectivity index (χ0n) is 14.8. The number of aromatic nitrogens is 2. The maximum atomic E-state index is 13.2. The third kappa shape index (κ3) is 4.52. The van der Waals surface area contributed by atoms with Crippen LogP contribution >= 0.6 is 0 Å². The molecule has 0 radical (unpaired) electrons. The molecule has 1 aliphatic rings. The lowest BCUT2D eigenvalue weighted by Gasteiger charge is -2.14. The van der Waals surface area contributed by atoms with Gasteiger partial charge in [-0.25, -0.2) is 9.37 Å². The molecule has 27 heavy (non-hydrogen) atoms. The molecule has 2 heterocycles. The molecule has 3 aromatic rings. The van der Waals surface area contributed by atoms with E-state index in [2.05, 4.69) is 34.0 Å². The van der Waals surface area contributed by atoms with Crippen molar-refractivity contribution in [1.29, 1.82) is 0 Å². The van der Waals surface area contributed by atoms with Gasteiger partial charge in [0.25, 0.3) is 0 Å². The summed E-state index contributed by atoms with van der Waals surface area (Å²) in [6.45, 7) is 1.03. The van der Waals surface area contributed by atoms with Gasteiger partial charge in [-0.1, -0.05) is 36.3 Å². The van der Waals surface area contributed by atoms with Gasteiger partial charge in [-0.3, -0.25) is 0 Å². The Balaban J connectivity index is 1.29. The van der Waals surface area contributed by atoms with Gasteiger partial charge >= 0.3 is 0 Å². The van der Waals surface area contributed by atoms with Gasteiger partial charge in [-0.15, -0.1) is 0 Å². The Kier molecular flexibility index (Phi) is 5.13. The van der Waals surface area contributed by atoms with E-state index in [0.717, 1.165) is 34.3 Å². The molecule has 0 spiro atoms. The van der Waals surface area contributed by atoms with Crippen molar-refractivity contribution in [2.24, 2.45) is 5.92 Å². The molecule has 134 valence electrons. The molecule has 1 aliphatic carbocycles. The van der Waals surface area contributed by atoms with Gasteiger partial charge < -0.3 is 9.72 Å². The normalized spacial score (nSPS) is 16.0. The number of nitrogens with zero attached hydrogens (tertiary/aromatic N) is 1. The summed E-state index contributed by atoms with van der Waals surface area (Å²) in [4.78, 5) is 7.48. The number of pyridine rings is 1. The lowest BCUT2D eigenvalue weighted by molar-refractivity contribution is 0.0997. The van der Waals surface area contributed by atoms with E-state index in [0.29, 0.717) is 19.1 Å². The predicted octanol–water partition coefficient (Wildman–Crippen LogP) is 4.77. The largest absolute Gasteiger partial charge is 0.376 e. The molecule has 0 saturated carbocycles. The highest BCUT2D eigenvalue weighted by Gasteiger charge is 2.08. The topological polar surface area (TPSA) is 37.9 Å². The summed E-state index contributed by atoms with van der Waals surface area (Å²) in [5.74, 6) is 6.44. The summed E-state index contributed by atoms with van der Waals surface area (Å²) in [7, 11) is 0. The van der Waals surface area contributed by atoms with Crippen LogP contribution in [0.3, 0.4) is 0 Å². The Hall–Kier alpha value is -3.16. The summed E-state index contributed by atoms with van der Waals surface area (Å²) in [5.41, 5.74) is 3.57. The first-order valence-corrected chi connectivity index (χ1v) is 8.92. The highest BCUT2D eigenvalue weighted by molar-refractivity contribution is 5.77. The van der Waals surface area contributed by atoms with Crippen LogP contribution in [0.5, 0.6) is 0 Å². The van der Waals surface area contributed by atoms with Crippen molar-refractivity contribution in [2.45, 2.75) is 13.0 Å². The molecule has 1 atom stereocenters. The summed E-state index contributed by atoms with van der Waals surface area (Å²) in [6, 6.07) is 12.4. The average molecular weight is 358 g/mol. The van der Waals surface area contributed by atoms with E-state index in [4.69, 9.17) is 4.74 Å². The molecule has 0 fully saturated rings. The SMILES string of the molecule is Fc1cccc(COCC2C=CC(C#Cc3cc4cccnc4[nH]3)=CC2)c1. The fourth-order valence-corrected chi connectivity index (χ4v) is 3.00. The molecule has 3 nitrogen and oxygen atoms in total. The molecular weight excluding hydrogens is 339 g/mol. The zero-order valence-corrected chi connectivity index (χ0v) is 14.8. The molecule has 1 N–H and O–H groups in total. The smallest absolute Gasteiger partial charge is 0.138 e. The predicted molar refractivity (Wildman–Crippen MR) is 104 cm³/mol. The lowest BCUT2D eigenvalue weighted by Crippen LogP contribution is -2.08. The molecule has 4 heteroatoms. The van der Waals surface area contributed by atoms with E-state index >= 15 is 0 Å². The van der Waals surface area contributed by atoms with Crippen LogP contribution in [0.1, 0.15) is 17.7 Å². The first-order valence-electron chi connectivity index (χ1n) is 8.92. The Morgan fingerprint density at radius 3 is 2.96 bits per heavy atom. The first kappa shape index (κ1) is 17.3. The van der Waals surface area contributed by atoms with Gasteiger partial charge in [0.2, 0.25) is 0 Å². The van der Waals surface area contributed by atoms with Crippen LogP contribution in [0, 0.1) is 23.6 Å². The summed E-state index contributed by atoms with van der Waals surface area (Å²) >= 11 is 0. The summed E-state index contributed by atoms with van der Waals surface area (Å²) in [5, 5.41) is 1.06. The minimum Gasteiger partial charge on any atom is -0.376 e. The number of fused-ring (bicyclic) bond motifs is 1. The Bertz CT molecular complexity index is 1040. The maximum Gasteiger partial charge on any atom is 0.138 e. The van der Waals surface area contributed by atoms with Gasteiger partial charge in [0.1, 0.15) is 11.5 Å². The highest BCUT2D eigenvalue weighted by atomic mass is 19.1. The quantitative estimate of drug-likeness (QED) is 0.682. The number of halogens is 1. The van der Waals surface area contributed by atoms with Crippen LogP contribution < -0.4 is 0 Å². The van der Waals surface area contributed by atoms with E-state index in [1.807, 2.05) is 30.3 Å². The second-order valence-corrected chi connectivity index (χ2v) is 6.53. The number of hydrogen-bond donors (Lipinski definition) is 1. The number of allylic oxidation sites excluding steroid dienone is 3. The number of benzene rings is 1. The number of ether oxygens (including phenoxy) is 1. The van der Waals surface area contributed by atoms with E-state index < -0.39 is 0 Å². The third-order valence-corrected chi connectivity index (χ3v) is 4.41. The van der Waals surface area contributed by atoms with Crippen LogP contribution in [0.25, 0.3) is 11.0 Å². The molecular formula is C23H19FN2O. The Morgan fingerprint density at radius 2 is 2.15 bits per heavy atom. The van der Waals surface area contributed by atoms with Crippen LogP contribution in [0.2, 0.25) is 0 Å². The second-order valence-electron chi connectivity index (χ2n) is 6.53. The number of H-pyrrole nitrogens is 1. The minimum atomic E-state index is -0.231. The van der Waals surface area contributed by atoms with E-state index in [1.54, 1.807) is 12.3 Å². The van der Waals surface area contributed by atoms with Crippen molar-refractivity contribution in [3.8, 4) is 11.8 Å². The molecule has 4 rings (SSSR count). The summed E-state index contributed by atoms with van der Waals surface area (Å²) in [6.07, 6.45) is 8.94. The number of rotatable bonds is 4. The molecule has 0 bridgehead atoms. The van der Waals surface area contributed by atoms with Crippen LogP contribution in [-0.4, -0.2) is 16.6 Å². The monoisotopic (exact) mass is 358 g/mol. The molecule has 1 unspecified atom stereocenters. The minimum absolute atomic E-state index is 0.231. The fraction of sp³-hybridized carbons (Fsp3) is 0.174. The van der Waals surface area contributed by atoms with Gasteiger partial charge in [-0.05, 0) is 48.2 Å².